The molecule has 1 atom stereocenters. The summed E-state index contributed by atoms with van der Waals surface area (Å²) in [4.78, 5) is 11.6. The number of hydrogen-bond acceptors (Lipinski definition) is 3. The van der Waals surface area contributed by atoms with Crippen molar-refractivity contribution < 1.29 is 27.8 Å². The molecule has 3 nitrogen and oxygen atoms in total. The van der Waals surface area contributed by atoms with Gasteiger partial charge in [0.25, 0.3) is 6.43 Å². The third-order valence-electron chi connectivity index (χ3n) is 4.61. The summed E-state index contributed by atoms with van der Waals surface area (Å²) in [6, 6.07) is 21.0. The van der Waals surface area contributed by atoms with E-state index < -0.39 is 25.2 Å². The number of rotatable bonds is 10. The molecule has 0 heterocycles. The van der Waals surface area contributed by atoms with Crippen LogP contribution in [0.25, 0.3) is 5.57 Å². The first-order valence-electron chi connectivity index (χ1n) is 9.90. The Kier molecular flexibility index (Phi) is 9.03. The third-order valence-corrected chi connectivity index (χ3v) is 6.15. The van der Waals surface area contributed by atoms with Crippen molar-refractivity contribution in [1.29, 1.82) is 0 Å². The lowest BCUT2D eigenvalue weighted by Crippen LogP contribution is -2.09. The lowest BCUT2D eigenvalue weighted by atomic mass is 9.95. The number of thioether (sulfide) groups is 1. The second-order valence-electron chi connectivity index (χ2n) is 6.93. The summed E-state index contributed by atoms with van der Waals surface area (Å²) in [5, 5.41) is 8.74. The quantitative estimate of drug-likeness (QED) is 0.274. The van der Waals surface area contributed by atoms with E-state index in [0.29, 0.717) is 21.5 Å². The van der Waals surface area contributed by atoms with Crippen LogP contribution in [0.15, 0.2) is 88.2 Å². The summed E-state index contributed by atoms with van der Waals surface area (Å²) < 4.78 is 45.5. The summed E-state index contributed by atoms with van der Waals surface area (Å²) in [7, 11) is 0. The van der Waals surface area contributed by atoms with Gasteiger partial charge in [-0.25, -0.2) is 18.0 Å². The molecule has 3 aromatic carbocycles. The van der Waals surface area contributed by atoms with E-state index in [1.54, 1.807) is 18.2 Å². The maximum Gasteiger partial charge on any atom is 0.341 e. The molecular formula is C25H20BrF3O3S. The maximum atomic E-state index is 13.9. The number of aliphatic carboxylic acids is 1. The fourth-order valence-electron chi connectivity index (χ4n) is 3.09. The molecule has 0 bridgehead atoms. The van der Waals surface area contributed by atoms with Crippen molar-refractivity contribution in [2.24, 2.45) is 0 Å². The Bertz CT molecular complexity index is 1120. The summed E-state index contributed by atoms with van der Waals surface area (Å²) >= 11 is 4.91. The van der Waals surface area contributed by atoms with Crippen molar-refractivity contribution in [3.8, 4) is 5.75 Å². The summed E-state index contributed by atoms with van der Waals surface area (Å²) in [6.45, 7) is -0.432. The van der Waals surface area contributed by atoms with Crippen LogP contribution >= 0.6 is 27.7 Å². The molecule has 0 radical (unpaired) electrons. The summed E-state index contributed by atoms with van der Waals surface area (Å²) in [6.07, 6.45) is -3.45. The molecular weight excluding hydrogens is 517 g/mol. The second-order valence-corrected chi connectivity index (χ2v) is 8.88. The standard InChI is InChI=1S/C25H20BrF3O3S/c26-21-14-19(9-10-22(21)32-15-23(30)31)33-12-11-20(16-5-2-1-3-6-16)17-7-4-8-18(13-17)24(27)25(28)29/h1-11,13-14,24-25H,12,15H2,(H,30,31). The average molecular weight is 537 g/mol. The minimum absolute atomic E-state index is 0.0575. The number of halogens is 4. The second kappa shape index (κ2) is 12.0. The van der Waals surface area contributed by atoms with Gasteiger partial charge in [0.15, 0.2) is 12.8 Å². The van der Waals surface area contributed by atoms with Crippen LogP contribution in [0, 0.1) is 0 Å². The Hall–Kier alpha value is -2.71. The number of benzene rings is 3. The molecule has 1 N–H and O–H groups in total. The summed E-state index contributed by atoms with van der Waals surface area (Å²) in [5.41, 5.74) is 2.30. The molecule has 0 aliphatic rings. The van der Waals surface area contributed by atoms with Crippen molar-refractivity contribution in [2.45, 2.75) is 17.5 Å². The molecule has 33 heavy (non-hydrogen) atoms. The van der Waals surface area contributed by atoms with Crippen molar-refractivity contribution in [2.75, 3.05) is 12.4 Å². The predicted molar refractivity (Wildman–Crippen MR) is 128 cm³/mol. The number of ether oxygens (including phenoxy) is 1. The minimum Gasteiger partial charge on any atom is -0.481 e. The van der Waals surface area contributed by atoms with Gasteiger partial charge in [0.2, 0.25) is 0 Å². The lowest BCUT2D eigenvalue weighted by molar-refractivity contribution is -0.139. The van der Waals surface area contributed by atoms with Gasteiger partial charge in [-0.1, -0.05) is 54.6 Å². The van der Waals surface area contributed by atoms with Crippen LogP contribution in [0.4, 0.5) is 13.2 Å². The molecule has 0 saturated carbocycles. The van der Waals surface area contributed by atoms with Crippen LogP contribution in [0.2, 0.25) is 0 Å². The molecule has 172 valence electrons. The average Bonchev–Trinajstić information content (AvgIpc) is 2.81. The number of carboxylic acid groups (broad SMARTS) is 1. The van der Waals surface area contributed by atoms with Gasteiger partial charge in [0, 0.05) is 10.6 Å². The van der Waals surface area contributed by atoms with E-state index in [1.165, 1.54) is 23.9 Å². The first-order chi connectivity index (χ1) is 15.8. The molecule has 1 unspecified atom stereocenters. The molecule has 0 fully saturated rings. The highest BCUT2D eigenvalue weighted by Gasteiger charge is 2.22. The largest absolute Gasteiger partial charge is 0.481 e. The molecule has 3 rings (SSSR count). The van der Waals surface area contributed by atoms with E-state index in [-0.39, 0.29) is 5.56 Å². The highest BCUT2D eigenvalue weighted by atomic mass is 79.9. The maximum absolute atomic E-state index is 13.9. The number of alkyl halides is 3. The first kappa shape index (κ1) is 24.9. The van der Waals surface area contributed by atoms with Gasteiger partial charge >= 0.3 is 5.97 Å². The van der Waals surface area contributed by atoms with Gasteiger partial charge in [0.1, 0.15) is 5.75 Å². The molecule has 0 aromatic heterocycles. The highest BCUT2D eigenvalue weighted by molar-refractivity contribution is 9.10. The van der Waals surface area contributed by atoms with Crippen molar-refractivity contribution >= 4 is 39.2 Å². The zero-order valence-corrected chi connectivity index (χ0v) is 19.7. The van der Waals surface area contributed by atoms with E-state index in [0.717, 1.165) is 16.0 Å². The Balaban J connectivity index is 1.82. The van der Waals surface area contributed by atoms with Crippen LogP contribution in [-0.2, 0) is 4.79 Å². The van der Waals surface area contributed by atoms with Gasteiger partial charge < -0.3 is 9.84 Å². The Morgan fingerprint density at radius 2 is 1.73 bits per heavy atom. The molecule has 0 amide bonds. The van der Waals surface area contributed by atoms with Crippen molar-refractivity contribution in [3.63, 3.8) is 0 Å². The smallest absolute Gasteiger partial charge is 0.341 e. The van der Waals surface area contributed by atoms with E-state index in [9.17, 15) is 18.0 Å². The van der Waals surface area contributed by atoms with Crippen LogP contribution < -0.4 is 4.74 Å². The highest BCUT2D eigenvalue weighted by Crippen LogP contribution is 2.33. The van der Waals surface area contributed by atoms with E-state index in [4.69, 9.17) is 9.84 Å². The summed E-state index contributed by atoms with van der Waals surface area (Å²) in [5.74, 6) is -0.0704. The molecule has 0 aliphatic carbocycles. The van der Waals surface area contributed by atoms with Crippen LogP contribution in [0.5, 0.6) is 5.75 Å². The lowest BCUT2D eigenvalue weighted by Gasteiger charge is -2.13. The number of carboxylic acids is 1. The van der Waals surface area contributed by atoms with Crippen LogP contribution in [-0.4, -0.2) is 29.9 Å². The fourth-order valence-corrected chi connectivity index (χ4v) is 4.55. The Labute approximate surface area is 202 Å². The topological polar surface area (TPSA) is 46.5 Å². The van der Waals surface area contributed by atoms with E-state index >= 15 is 0 Å². The third kappa shape index (κ3) is 7.14. The van der Waals surface area contributed by atoms with Gasteiger partial charge in [-0.05, 0) is 62.5 Å². The van der Waals surface area contributed by atoms with E-state index in [1.807, 2.05) is 48.5 Å². The zero-order chi connectivity index (χ0) is 23.8. The monoisotopic (exact) mass is 536 g/mol. The Morgan fingerprint density at radius 3 is 2.39 bits per heavy atom. The molecule has 0 spiro atoms. The van der Waals surface area contributed by atoms with E-state index in [2.05, 4.69) is 15.9 Å². The van der Waals surface area contributed by atoms with Gasteiger partial charge in [-0.15, -0.1) is 11.8 Å². The SMILES string of the molecule is O=C(O)COc1ccc(SCC=C(c2ccccc2)c2cccc(C(F)C(F)F)c2)cc1Br. The molecule has 0 saturated heterocycles. The molecule has 3 aromatic rings. The van der Waals surface area contributed by atoms with Gasteiger partial charge in [-0.2, -0.15) is 0 Å². The first-order valence-corrected chi connectivity index (χ1v) is 11.7. The normalized spacial score (nSPS) is 12.6. The van der Waals surface area contributed by atoms with Crippen LogP contribution in [0.1, 0.15) is 22.9 Å². The predicted octanol–water partition coefficient (Wildman–Crippen LogP) is 7.41. The van der Waals surface area contributed by atoms with Crippen LogP contribution in [0.3, 0.4) is 0 Å². The van der Waals surface area contributed by atoms with Crippen molar-refractivity contribution in [3.05, 3.63) is 100 Å². The zero-order valence-electron chi connectivity index (χ0n) is 17.3. The number of hydrogen-bond donors (Lipinski definition) is 1. The molecule has 0 aliphatic heterocycles. The van der Waals surface area contributed by atoms with Gasteiger partial charge in [-0.3, -0.25) is 0 Å². The number of carbonyl (C=O) groups is 1. The van der Waals surface area contributed by atoms with Gasteiger partial charge in [0.05, 0.1) is 4.47 Å². The fraction of sp³-hybridized carbons (Fsp3) is 0.160. The molecule has 8 heteroatoms. The minimum atomic E-state index is -3.08. The van der Waals surface area contributed by atoms with Crippen molar-refractivity contribution in [1.82, 2.24) is 0 Å². The Morgan fingerprint density at radius 1 is 1.00 bits per heavy atom.